The average Bonchev–Trinajstić information content (AvgIpc) is 2.86. The van der Waals surface area contributed by atoms with Crippen molar-refractivity contribution in [3.8, 4) is 0 Å². The zero-order chi connectivity index (χ0) is 15.6. The summed E-state index contributed by atoms with van der Waals surface area (Å²) in [5, 5.41) is 12.0. The zero-order valence-corrected chi connectivity index (χ0v) is 12.4. The molecule has 2 unspecified atom stereocenters. The molecule has 6 heteroatoms. The average molecular weight is 292 g/mol. The van der Waals surface area contributed by atoms with Crippen LogP contribution in [0.3, 0.4) is 0 Å². The van der Waals surface area contributed by atoms with Crippen molar-refractivity contribution in [3.63, 3.8) is 0 Å². The molecule has 1 aromatic rings. The Bertz CT molecular complexity index is 559. The molecule has 0 aliphatic carbocycles. The molecule has 1 fully saturated rings. The number of urea groups is 1. The molecule has 1 saturated heterocycles. The molecule has 1 aliphatic heterocycles. The fourth-order valence-electron chi connectivity index (χ4n) is 2.57. The Morgan fingerprint density at radius 1 is 1.38 bits per heavy atom. The van der Waals surface area contributed by atoms with Crippen LogP contribution in [0.25, 0.3) is 0 Å². The van der Waals surface area contributed by atoms with E-state index in [-0.39, 0.29) is 12.6 Å². The standard InChI is InChI=1S/C15H20N2O4/c1-9-4-5-12(10(2)6-9)16-15(20)17-8-11(21-3)7-13(17)14(18)19/h4-6,11,13H,7-8H2,1-3H3,(H,16,20)(H,18,19). The van der Waals surface area contributed by atoms with Crippen LogP contribution < -0.4 is 5.32 Å². The predicted octanol–water partition coefficient (Wildman–Crippen LogP) is 2.01. The number of ether oxygens (including phenoxy) is 1. The summed E-state index contributed by atoms with van der Waals surface area (Å²) in [4.78, 5) is 24.9. The van der Waals surface area contributed by atoms with E-state index in [2.05, 4.69) is 5.32 Å². The van der Waals surface area contributed by atoms with E-state index in [0.29, 0.717) is 12.1 Å². The topological polar surface area (TPSA) is 78.9 Å². The van der Waals surface area contributed by atoms with E-state index in [1.54, 1.807) is 0 Å². The number of methoxy groups -OCH3 is 1. The minimum Gasteiger partial charge on any atom is -0.480 e. The summed E-state index contributed by atoms with van der Waals surface area (Å²) in [5.74, 6) is -1.01. The van der Waals surface area contributed by atoms with Crippen LogP contribution in [-0.4, -0.2) is 47.8 Å². The molecule has 6 nitrogen and oxygen atoms in total. The van der Waals surface area contributed by atoms with Crippen LogP contribution in [0.5, 0.6) is 0 Å². The maximum Gasteiger partial charge on any atom is 0.326 e. The van der Waals surface area contributed by atoms with Gasteiger partial charge in [0.15, 0.2) is 0 Å². The molecule has 0 aromatic heterocycles. The largest absolute Gasteiger partial charge is 0.480 e. The molecule has 114 valence electrons. The van der Waals surface area contributed by atoms with E-state index in [1.807, 2.05) is 32.0 Å². The van der Waals surface area contributed by atoms with Gasteiger partial charge in [0.05, 0.1) is 6.10 Å². The number of anilines is 1. The van der Waals surface area contributed by atoms with Gasteiger partial charge in [0.25, 0.3) is 0 Å². The first kappa shape index (κ1) is 15.3. The summed E-state index contributed by atoms with van der Waals surface area (Å²) in [6.07, 6.45) is 0.0718. The summed E-state index contributed by atoms with van der Waals surface area (Å²) in [6, 6.07) is 4.43. The molecular formula is C15H20N2O4. The van der Waals surface area contributed by atoms with E-state index in [0.717, 1.165) is 11.1 Å². The Morgan fingerprint density at radius 3 is 2.67 bits per heavy atom. The molecule has 0 saturated carbocycles. The van der Waals surface area contributed by atoms with Crippen molar-refractivity contribution in [3.05, 3.63) is 29.3 Å². The first-order chi connectivity index (χ1) is 9.92. The minimum atomic E-state index is -1.01. The van der Waals surface area contributed by atoms with Gasteiger partial charge in [0.2, 0.25) is 0 Å². The number of amides is 2. The fourth-order valence-corrected chi connectivity index (χ4v) is 2.57. The monoisotopic (exact) mass is 292 g/mol. The van der Waals surface area contributed by atoms with Crippen LogP contribution in [0.2, 0.25) is 0 Å². The lowest BCUT2D eigenvalue weighted by atomic mass is 10.1. The Balaban J connectivity index is 2.13. The Labute approximate surface area is 123 Å². The van der Waals surface area contributed by atoms with Gasteiger partial charge < -0.3 is 20.1 Å². The van der Waals surface area contributed by atoms with Crippen LogP contribution in [0, 0.1) is 13.8 Å². The number of carbonyl (C=O) groups is 2. The third-order valence-corrected chi connectivity index (χ3v) is 3.77. The SMILES string of the molecule is COC1CC(C(=O)O)N(C(=O)Nc2ccc(C)cc2C)C1. The summed E-state index contributed by atoms with van der Waals surface area (Å²) in [5.41, 5.74) is 2.74. The number of nitrogens with zero attached hydrogens (tertiary/aromatic N) is 1. The van der Waals surface area contributed by atoms with Crippen molar-refractivity contribution >= 4 is 17.7 Å². The quantitative estimate of drug-likeness (QED) is 0.893. The molecule has 1 aromatic carbocycles. The second-order valence-corrected chi connectivity index (χ2v) is 5.35. The van der Waals surface area contributed by atoms with Gasteiger partial charge in [-0.15, -0.1) is 0 Å². The molecule has 0 bridgehead atoms. The highest BCUT2D eigenvalue weighted by Crippen LogP contribution is 2.23. The molecule has 0 radical (unpaired) electrons. The van der Waals surface area contributed by atoms with E-state index in [9.17, 15) is 14.7 Å². The second kappa shape index (κ2) is 6.13. The van der Waals surface area contributed by atoms with Crippen molar-refractivity contribution < 1.29 is 19.4 Å². The number of hydrogen-bond acceptors (Lipinski definition) is 3. The number of aliphatic carboxylic acids is 1. The lowest BCUT2D eigenvalue weighted by molar-refractivity contribution is -0.141. The first-order valence-electron chi connectivity index (χ1n) is 6.83. The summed E-state index contributed by atoms with van der Waals surface area (Å²) < 4.78 is 5.18. The third kappa shape index (κ3) is 3.33. The van der Waals surface area contributed by atoms with Crippen molar-refractivity contribution in [2.75, 3.05) is 19.0 Å². The number of aryl methyl sites for hydroxylation is 2. The number of likely N-dealkylation sites (tertiary alicyclic amines) is 1. The van der Waals surface area contributed by atoms with Gasteiger partial charge in [-0.1, -0.05) is 17.7 Å². The van der Waals surface area contributed by atoms with Crippen LogP contribution in [0.15, 0.2) is 18.2 Å². The van der Waals surface area contributed by atoms with Gasteiger partial charge in [-0.05, 0) is 25.5 Å². The van der Waals surface area contributed by atoms with Crippen molar-refractivity contribution in [1.29, 1.82) is 0 Å². The van der Waals surface area contributed by atoms with Crippen molar-refractivity contribution in [2.24, 2.45) is 0 Å². The van der Waals surface area contributed by atoms with Gasteiger partial charge in [0.1, 0.15) is 6.04 Å². The van der Waals surface area contributed by atoms with Crippen LogP contribution in [0.4, 0.5) is 10.5 Å². The zero-order valence-electron chi connectivity index (χ0n) is 12.4. The molecule has 21 heavy (non-hydrogen) atoms. The molecule has 1 aliphatic rings. The lowest BCUT2D eigenvalue weighted by Gasteiger charge is -2.22. The maximum absolute atomic E-state index is 12.3. The first-order valence-corrected chi connectivity index (χ1v) is 6.83. The highest BCUT2D eigenvalue weighted by molar-refractivity contribution is 5.93. The number of carboxylic acids is 1. The molecule has 0 spiro atoms. The Kier molecular flexibility index (Phi) is 4.47. The van der Waals surface area contributed by atoms with Gasteiger partial charge in [-0.25, -0.2) is 9.59 Å². The third-order valence-electron chi connectivity index (χ3n) is 3.77. The maximum atomic E-state index is 12.3. The number of carboxylic acid groups (broad SMARTS) is 1. The summed E-state index contributed by atoms with van der Waals surface area (Å²) in [7, 11) is 1.52. The normalized spacial score (nSPS) is 21.4. The Hall–Kier alpha value is -2.08. The van der Waals surface area contributed by atoms with Crippen molar-refractivity contribution in [1.82, 2.24) is 4.90 Å². The van der Waals surface area contributed by atoms with E-state index >= 15 is 0 Å². The number of hydrogen-bond donors (Lipinski definition) is 2. The predicted molar refractivity (Wildman–Crippen MR) is 78.5 cm³/mol. The second-order valence-electron chi connectivity index (χ2n) is 5.35. The highest BCUT2D eigenvalue weighted by atomic mass is 16.5. The molecule has 2 N–H and O–H groups in total. The van der Waals surface area contributed by atoms with Crippen LogP contribution >= 0.6 is 0 Å². The number of rotatable bonds is 3. The van der Waals surface area contributed by atoms with Gasteiger partial charge >= 0.3 is 12.0 Å². The lowest BCUT2D eigenvalue weighted by Crippen LogP contribution is -2.43. The Morgan fingerprint density at radius 2 is 2.10 bits per heavy atom. The number of nitrogens with one attached hydrogen (secondary N) is 1. The highest BCUT2D eigenvalue weighted by Gasteiger charge is 2.39. The molecule has 1 heterocycles. The van der Waals surface area contributed by atoms with Gasteiger partial charge in [0, 0.05) is 25.8 Å². The molecule has 2 rings (SSSR count). The summed E-state index contributed by atoms with van der Waals surface area (Å²) in [6.45, 7) is 4.16. The molecule has 2 amide bonds. The number of carbonyl (C=O) groups excluding carboxylic acids is 1. The van der Waals surface area contributed by atoms with Crippen LogP contribution in [-0.2, 0) is 9.53 Å². The minimum absolute atomic E-state index is 0.240. The molecular weight excluding hydrogens is 272 g/mol. The van der Waals surface area contributed by atoms with Gasteiger partial charge in [-0.2, -0.15) is 0 Å². The molecule has 2 atom stereocenters. The summed E-state index contributed by atoms with van der Waals surface area (Å²) >= 11 is 0. The smallest absolute Gasteiger partial charge is 0.326 e. The van der Waals surface area contributed by atoms with Gasteiger partial charge in [-0.3, -0.25) is 0 Å². The van der Waals surface area contributed by atoms with Crippen molar-refractivity contribution in [2.45, 2.75) is 32.4 Å². The fraction of sp³-hybridized carbons (Fsp3) is 0.467. The number of benzene rings is 1. The van der Waals surface area contributed by atoms with E-state index in [4.69, 9.17) is 4.74 Å². The van der Waals surface area contributed by atoms with E-state index in [1.165, 1.54) is 12.0 Å². The van der Waals surface area contributed by atoms with E-state index < -0.39 is 18.0 Å². The van der Waals surface area contributed by atoms with Crippen LogP contribution in [0.1, 0.15) is 17.5 Å².